The van der Waals surface area contributed by atoms with Gasteiger partial charge in [0.15, 0.2) is 0 Å². The molecule has 0 fully saturated rings. The van der Waals surface area contributed by atoms with Gasteiger partial charge in [0.2, 0.25) is 0 Å². The number of hydrogen-bond donors (Lipinski definition) is 0. The summed E-state index contributed by atoms with van der Waals surface area (Å²) in [6.07, 6.45) is 15.9. The quantitative estimate of drug-likeness (QED) is 0.278. The topological polar surface area (TPSA) is 17.1 Å². The number of unbranched alkanes of at least 4 members (excludes halogenated alkanes) is 10. The summed E-state index contributed by atoms with van der Waals surface area (Å²) in [4.78, 5) is 0. The van der Waals surface area contributed by atoms with Gasteiger partial charge in [-0.3, -0.25) is 0 Å². The predicted octanol–water partition coefficient (Wildman–Crippen LogP) is 6.13. The molecule has 0 heterocycles. The Morgan fingerprint density at radius 3 is 1.28 bits per heavy atom. The van der Waals surface area contributed by atoms with Gasteiger partial charge in [0.25, 0.3) is 0 Å². The van der Waals surface area contributed by atoms with Gasteiger partial charge in [-0.05, 0) is 0 Å². The molecule has 0 aromatic rings. The van der Waals surface area contributed by atoms with Gasteiger partial charge in [-0.15, -0.1) is 0 Å². The zero-order chi connectivity index (χ0) is 13.5. The monoisotopic (exact) mass is 317 g/mol. The van der Waals surface area contributed by atoms with Crippen molar-refractivity contribution in [3.8, 4) is 0 Å². The molecule has 0 saturated carbocycles. The van der Waals surface area contributed by atoms with Crippen LogP contribution in [0.1, 0.15) is 90.9 Å². The molecule has 0 aromatic carbocycles. The Hall–Kier alpha value is 0.358. The first-order chi connectivity index (χ1) is 8.81. The van der Waals surface area contributed by atoms with Crippen LogP contribution in [0.3, 0.4) is 0 Å². The predicted molar refractivity (Wildman–Crippen MR) is 82.8 cm³/mol. The molecule has 0 rings (SSSR count). The second kappa shape index (κ2) is 15.4. The minimum absolute atomic E-state index is 1.06. The molecule has 0 amide bonds. The number of hydrogen-bond acceptors (Lipinski definition) is 1. The van der Waals surface area contributed by atoms with Crippen molar-refractivity contribution < 1.29 is 3.74 Å². The van der Waals surface area contributed by atoms with E-state index in [1.54, 1.807) is 0 Å². The molecule has 0 saturated heterocycles. The van der Waals surface area contributed by atoms with E-state index in [1.165, 1.54) is 77.0 Å². The number of rotatable bonds is 14. The Morgan fingerprint density at radius 2 is 0.889 bits per heavy atom. The molecule has 0 spiro atoms. The fraction of sp³-hybridized carbons (Fsp3) is 1.00. The Balaban J connectivity index is 3.12. The Morgan fingerprint density at radius 1 is 0.556 bits per heavy atom. The Kier molecular flexibility index (Phi) is 15.7. The summed E-state index contributed by atoms with van der Waals surface area (Å²) in [6.45, 7) is 4.50. The summed E-state index contributed by atoms with van der Waals surface area (Å²) in [6, 6.07) is 0. The van der Waals surface area contributed by atoms with Crippen LogP contribution in [0.5, 0.6) is 0 Å². The zero-order valence-electron chi connectivity index (χ0n) is 12.8. The maximum atomic E-state index is 11.8. The summed E-state index contributed by atoms with van der Waals surface area (Å²) in [5.41, 5.74) is 0. The van der Waals surface area contributed by atoms with Gasteiger partial charge < -0.3 is 0 Å². The fourth-order valence-electron chi connectivity index (χ4n) is 2.25. The van der Waals surface area contributed by atoms with Gasteiger partial charge in [-0.25, -0.2) is 0 Å². The molecule has 0 N–H and O–H groups in total. The molecule has 0 atom stereocenters. The van der Waals surface area contributed by atoms with E-state index in [2.05, 4.69) is 13.8 Å². The van der Waals surface area contributed by atoms with Crippen molar-refractivity contribution >= 4 is 14.6 Å². The van der Waals surface area contributed by atoms with Gasteiger partial charge in [0.05, 0.1) is 0 Å². The van der Waals surface area contributed by atoms with Crippen LogP contribution in [0.25, 0.3) is 0 Å². The van der Waals surface area contributed by atoms with Crippen LogP contribution in [-0.4, -0.2) is 14.6 Å². The van der Waals surface area contributed by atoms with Gasteiger partial charge in [-0.1, -0.05) is 0 Å². The maximum absolute atomic E-state index is 11.8. The van der Waals surface area contributed by atoms with E-state index in [4.69, 9.17) is 0 Å². The second-order valence-corrected chi connectivity index (χ2v) is 9.36. The van der Waals surface area contributed by atoms with E-state index in [0.717, 1.165) is 10.4 Å². The average Bonchev–Trinajstić information content (AvgIpc) is 2.38. The van der Waals surface area contributed by atoms with Crippen LogP contribution in [0, 0.1) is 0 Å². The summed E-state index contributed by atoms with van der Waals surface area (Å²) in [5.74, 6) is 0. The molecule has 18 heavy (non-hydrogen) atoms. The minimum atomic E-state index is -1.63. The van der Waals surface area contributed by atoms with Gasteiger partial charge in [0, 0.05) is 0 Å². The average molecular weight is 317 g/mol. The molecule has 2 heteroatoms. The summed E-state index contributed by atoms with van der Waals surface area (Å²) in [7, 11) is 0. The SMILES string of the molecule is CCCCCCCC[As](=O)CCCCCCCC. The van der Waals surface area contributed by atoms with E-state index in [1.807, 2.05) is 0 Å². The molecule has 109 valence electrons. The van der Waals surface area contributed by atoms with Crippen molar-refractivity contribution in [1.82, 2.24) is 0 Å². The third kappa shape index (κ3) is 14.4. The second-order valence-electron chi connectivity index (χ2n) is 5.46. The molecule has 0 aliphatic rings. The van der Waals surface area contributed by atoms with Crippen molar-refractivity contribution in [3.05, 3.63) is 0 Å². The van der Waals surface area contributed by atoms with E-state index in [-0.39, 0.29) is 0 Å². The van der Waals surface area contributed by atoms with E-state index in [9.17, 15) is 3.74 Å². The van der Waals surface area contributed by atoms with E-state index < -0.39 is 14.6 Å². The van der Waals surface area contributed by atoms with Crippen LogP contribution in [0.4, 0.5) is 0 Å². The summed E-state index contributed by atoms with van der Waals surface area (Å²) in [5, 5.41) is 2.13. The van der Waals surface area contributed by atoms with Crippen LogP contribution in [0.15, 0.2) is 0 Å². The van der Waals surface area contributed by atoms with E-state index >= 15 is 0 Å². The first kappa shape index (κ1) is 18.4. The molecular weight excluding hydrogens is 283 g/mol. The molecule has 1 radical (unpaired) electrons. The normalized spacial score (nSPS) is 10.8. The van der Waals surface area contributed by atoms with Gasteiger partial charge >= 0.3 is 120 Å². The Labute approximate surface area is 120 Å². The van der Waals surface area contributed by atoms with Gasteiger partial charge in [-0.2, -0.15) is 0 Å². The third-order valence-corrected chi connectivity index (χ3v) is 6.94. The molecule has 1 nitrogen and oxygen atoms in total. The Bertz CT molecular complexity index is 162. The molecular formula is C16H34AsO. The summed E-state index contributed by atoms with van der Waals surface area (Å²) >= 11 is -1.63. The first-order valence-corrected chi connectivity index (χ1v) is 11.6. The molecule has 0 aliphatic carbocycles. The standard InChI is InChI=1S/C16H34AsO/c1-3-5-7-9-11-13-15-17(18)16-14-12-10-8-6-4-2/h3-16H2,1-2H3. The molecule has 0 aromatic heterocycles. The third-order valence-electron chi connectivity index (χ3n) is 3.52. The van der Waals surface area contributed by atoms with Crippen molar-refractivity contribution in [1.29, 1.82) is 0 Å². The zero-order valence-corrected chi connectivity index (χ0v) is 14.6. The van der Waals surface area contributed by atoms with Crippen molar-refractivity contribution in [3.63, 3.8) is 0 Å². The van der Waals surface area contributed by atoms with Crippen molar-refractivity contribution in [2.45, 2.75) is 101 Å². The molecule has 0 unspecified atom stereocenters. The van der Waals surface area contributed by atoms with Crippen molar-refractivity contribution in [2.75, 3.05) is 0 Å². The van der Waals surface area contributed by atoms with Crippen LogP contribution in [-0.2, 0) is 3.74 Å². The summed E-state index contributed by atoms with van der Waals surface area (Å²) < 4.78 is 11.8. The van der Waals surface area contributed by atoms with Gasteiger partial charge in [0.1, 0.15) is 0 Å². The first-order valence-electron chi connectivity index (χ1n) is 8.23. The fourth-order valence-corrected chi connectivity index (χ4v) is 5.14. The van der Waals surface area contributed by atoms with E-state index in [0.29, 0.717) is 0 Å². The molecule has 0 bridgehead atoms. The van der Waals surface area contributed by atoms with Crippen molar-refractivity contribution in [2.24, 2.45) is 0 Å². The molecule has 0 aliphatic heterocycles. The van der Waals surface area contributed by atoms with Crippen LogP contribution >= 0.6 is 0 Å². The van der Waals surface area contributed by atoms with Crippen LogP contribution in [0.2, 0.25) is 10.4 Å². The van der Waals surface area contributed by atoms with Crippen LogP contribution < -0.4 is 0 Å².